The van der Waals surface area contributed by atoms with Crippen LogP contribution in [0.1, 0.15) is 46.3 Å². The van der Waals surface area contributed by atoms with Gasteiger partial charge in [-0.15, -0.1) is 0 Å². The standard InChI is InChI=1S/C22H28O5/c1-13-10-14(2)22(11-25-16(4)23)12-26-21(20(13)15(22)3)18-8-6-7-9-19(18)27-17(5)24/h6-10,14-15,20-21H,11-12H2,1-5H3/t14-,15+,20+,21+,22+/m1/s1. The Morgan fingerprint density at radius 3 is 2.56 bits per heavy atom. The van der Waals surface area contributed by atoms with Crippen molar-refractivity contribution in [3.05, 3.63) is 41.5 Å². The van der Waals surface area contributed by atoms with Gasteiger partial charge in [-0.25, -0.2) is 0 Å². The normalized spacial score (nSPS) is 32.4. The second-order valence-corrected chi connectivity index (χ2v) is 7.89. The predicted molar refractivity (Wildman–Crippen MR) is 101 cm³/mol. The molecule has 27 heavy (non-hydrogen) atoms. The van der Waals surface area contributed by atoms with Crippen LogP contribution >= 0.6 is 0 Å². The van der Waals surface area contributed by atoms with Crippen LogP contribution in [0.3, 0.4) is 0 Å². The van der Waals surface area contributed by atoms with E-state index in [0.29, 0.717) is 19.0 Å². The first-order chi connectivity index (χ1) is 12.8. The minimum absolute atomic E-state index is 0.127. The molecular weight excluding hydrogens is 344 g/mol. The van der Waals surface area contributed by atoms with Crippen LogP contribution in [0.25, 0.3) is 0 Å². The van der Waals surface area contributed by atoms with E-state index in [0.717, 1.165) is 5.56 Å². The van der Waals surface area contributed by atoms with Gasteiger partial charge in [0.15, 0.2) is 0 Å². The lowest BCUT2D eigenvalue weighted by Crippen LogP contribution is -2.54. The van der Waals surface area contributed by atoms with Gasteiger partial charge < -0.3 is 14.2 Å². The molecule has 0 N–H and O–H groups in total. The van der Waals surface area contributed by atoms with Crippen LogP contribution < -0.4 is 4.74 Å². The first-order valence-corrected chi connectivity index (χ1v) is 9.47. The summed E-state index contributed by atoms with van der Waals surface area (Å²) in [6.45, 7) is 10.2. The smallest absolute Gasteiger partial charge is 0.308 e. The van der Waals surface area contributed by atoms with Gasteiger partial charge in [0.2, 0.25) is 0 Å². The van der Waals surface area contributed by atoms with Crippen molar-refractivity contribution in [2.45, 2.75) is 40.7 Å². The Labute approximate surface area is 160 Å². The lowest BCUT2D eigenvalue weighted by Gasteiger charge is -2.55. The molecule has 2 aliphatic rings. The average Bonchev–Trinajstić information content (AvgIpc) is 2.59. The van der Waals surface area contributed by atoms with E-state index in [1.54, 1.807) is 6.07 Å². The summed E-state index contributed by atoms with van der Waals surface area (Å²) >= 11 is 0. The molecular formula is C22H28O5. The molecule has 0 unspecified atom stereocenters. The van der Waals surface area contributed by atoms with Gasteiger partial charge in [-0.3, -0.25) is 9.59 Å². The molecule has 3 rings (SSSR count). The zero-order chi connectivity index (χ0) is 19.8. The maximum Gasteiger partial charge on any atom is 0.308 e. The Hall–Kier alpha value is -2.14. The van der Waals surface area contributed by atoms with Crippen molar-refractivity contribution in [3.8, 4) is 5.75 Å². The number of fused-ring (bicyclic) bond motifs is 2. The maximum atomic E-state index is 11.5. The summed E-state index contributed by atoms with van der Waals surface area (Å²) in [7, 11) is 0. The number of ether oxygens (including phenoxy) is 3. The second kappa shape index (κ2) is 7.47. The molecule has 1 heterocycles. The summed E-state index contributed by atoms with van der Waals surface area (Å²) in [5.41, 5.74) is 1.90. The molecule has 1 fully saturated rings. The summed E-state index contributed by atoms with van der Waals surface area (Å²) in [6, 6.07) is 7.54. The zero-order valence-corrected chi connectivity index (χ0v) is 16.7. The lowest BCUT2D eigenvalue weighted by molar-refractivity contribution is -0.180. The highest BCUT2D eigenvalue weighted by atomic mass is 16.5. The first kappa shape index (κ1) is 19.6. The van der Waals surface area contributed by atoms with Crippen molar-refractivity contribution in [1.29, 1.82) is 0 Å². The van der Waals surface area contributed by atoms with Crippen LogP contribution in [0.4, 0.5) is 0 Å². The minimum Gasteiger partial charge on any atom is -0.465 e. The van der Waals surface area contributed by atoms with Crippen LogP contribution in [-0.4, -0.2) is 25.2 Å². The van der Waals surface area contributed by atoms with Crippen molar-refractivity contribution in [2.75, 3.05) is 13.2 Å². The molecule has 1 saturated heterocycles. The van der Waals surface area contributed by atoms with E-state index < -0.39 is 0 Å². The molecule has 0 saturated carbocycles. The van der Waals surface area contributed by atoms with Gasteiger partial charge in [-0.1, -0.05) is 43.7 Å². The Balaban J connectivity index is 1.98. The number of carbonyl (C=O) groups excluding carboxylic acids is 2. The van der Waals surface area contributed by atoms with E-state index >= 15 is 0 Å². The van der Waals surface area contributed by atoms with Crippen LogP contribution in [0.5, 0.6) is 5.75 Å². The monoisotopic (exact) mass is 372 g/mol. The molecule has 1 aromatic carbocycles. The van der Waals surface area contributed by atoms with Crippen LogP contribution in [0.2, 0.25) is 0 Å². The molecule has 5 nitrogen and oxygen atoms in total. The van der Waals surface area contributed by atoms with Crippen LogP contribution in [-0.2, 0) is 19.1 Å². The second-order valence-electron chi connectivity index (χ2n) is 7.89. The molecule has 0 radical (unpaired) electrons. The largest absolute Gasteiger partial charge is 0.465 e. The fourth-order valence-corrected chi connectivity index (χ4v) is 4.74. The number of rotatable bonds is 4. The third kappa shape index (κ3) is 3.53. The van der Waals surface area contributed by atoms with Crippen molar-refractivity contribution >= 4 is 11.9 Å². The van der Waals surface area contributed by atoms with Crippen LogP contribution in [0.15, 0.2) is 35.9 Å². The molecule has 5 heteroatoms. The number of esters is 2. The van der Waals surface area contributed by atoms with E-state index in [1.807, 2.05) is 18.2 Å². The Kier molecular flexibility index (Phi) is 5.43. The Morgan fingerprint density at radius 2 is 1.89 bits per heavy atom. The zero-order valence-electron chi connectivity index (χ0n) is 16.7. The third-order valence-electron chi connectivity index (χ3n) is 6.27. The SMILES string of the molecule is CC(=O)OC[C@]12CO[C@@H](c3ccccc3OC(C)=O)[C@@H](C(C)=C[C@H]1C)[C@@H]2C. The Bertz CT molecular complexity index is 768. The van der Waals surface area contributed by atoms with E-state index in [4.69, 9.17) is 14.2 Å². The molecule has 1 aliphatic carbocycles. The summed E-state index contributed by atoms with van der Waals surface area (Å²) < 4.78 is 17.2. The molecule has 0 aromatic heterocycles. The highest BCUT2D eigenvalue weighted by Crippen LogP contribution is 2.57. The first-order valence-electron chi connectivity index (χ1n) is 9.47. The van der Waals surface area contributed by atoms with Gasteiger partial charge in [-0.2, -0.15) is 0 Å². The topological polar surface area (TPSA) is 61.8 Å². The van der Waals surface area contributed by atoms with Crippen molar-refractivity contribution < 1.29 is 23.8 Å². The van der Waals surface area contributed by atoms with Gasteiger partial charge in [0.1, 0.15) is 5.75 Å². The quantitative estimate of drug-likeness (QED) is 0.453. The number of allylic oxidation sites excluding steroid dienone is 1. The van der Waals surface area contributed by atoms with Crippen molar-refractivity contribution in [1.82, 2.24) is 0 Å². The van der Waals surface area contributed by atoms with E-state index in [2.05, 4.69) is 26.8 Å². The highest BCUT2D eigenvalue weighted by molar-refractivity contribution is 5.70. The molecule has 0 spiro atoms. The van der Waals surface area contributed by atoms with E-state index in [-0.39, 0.29) is 41.2 Å². The van der Waals surface area contributed by atoms with Crippen LogP contribution in [0, 0.1) is 23.2 Å². The number of hydrogen-bond acceptors (Lipinski definition) is 5. The van der Waals surface area contributed by atoms with Gasteiger partial charge >= 0.3 is 11.9 Å². The molecule has 2 bridgehead atoms. The van der Waals surface area contributed by atoms with Gasteiger partial charge in [-0.05, 0) is 24.8 Å². The minimum atomic E-state index is -0.347. The third-order valence-corrected chi connectivity index (χ3v) is 6.27. The van der Waals surface area contributed by atoms with E-state index in [9.17, 15) is 9.59 Å². The fraction of sp³-hybridized carbons (Fsp3) is 0.545. The summed E-state index contributed by atoms with van der Waals surface area (Å²) in [5, 5.41) is 0. The predicted octanol–water partition coefficient (Wildman–Crippen LogP) is 4.08. The number of hydrogen-bond donors (Lipinski definition) is 0. The molecule has 5 atom stereocenters. The summed E-state index contributed by atoms with van der Waals surface area (Å²) in [5.74, 6) is 0.547. The number of carbonyl (C=O) groups is 2. The molecule has 146 valence electrons. The summed E-state index contributed by atoms with van der Waals surface area (Å²) in [6.07, 6.45) is 2.07. The molecule has 0 amide bonds. The van der Waals surface area contributed by atoms with Crippen molar-refractivity contribution in [2.24, 2.45) is 23.2 Å². The highest BCUT2D eigenvalue weighted by Gasteiger charge is 2.54. The average molecular weight is 372 g/mol. The van der Waals surface area contributed by atoms with Gasteiger partial charge in [0.25, 0.3) is 0 Å². The fourth-order valence-electron chi connectivity index (χ4n) is 4.74. The van der Waals surface area contributed by atoms with Gasteiger partial charge in [0.05, 0.1) is 19.3 Å². The maximum absolute atomic E-state index is 11.5. The summed E-state index contributed by atoms with van der Waals surface area (Å²) in [4.78, 5) is 22.9. The van der Waals surface area contributed by atoms with E-state index in [1.165, 1.54) is 19.4 Å². The van der Waals surface area contributed by atoms with Gasteiger partial charge in [0, 0.05) is 30.7 Å². The van der Waals surface area contributed by atoms with Crippen molar-refractivity contribution in [3.63, 3.8) is 0 Å². The number of benzene rings is 1. The molecule has 1 aliphatic heterocycles. The number of para-hydroxylation sites is 1. The molecule has 1 aromatic rings. The lowest BCUT2D eigenvalue weighted by atomic mass is 9.56. The Morgan fingerprint density at radius 1 is 1.19 bits per heavy atom.